The van der Waals surface area contributed by atoms with E-state index in [0.717, 1.165) is 13.0 Å². The van der Waals surface area contributed by atoms with Gasteiger partial charge in [-0.15, -0.1) is 0 Å². The van der Waals surface area contributed by atoms with Gasteiger partial charge in [-0.1, -0.05) is 13.8 Å². The molecule has 0 saturated carbocycles. The molecule has 1 unspecified atom stereocenters. The van der Waals surface area contributed by atoms with E-state index in [4.69, 9.17) is 11.6 Å². The maximum Gasteiger partial charge on any atom is 0.229 e. The van der Waals surface area contributed by atoms with Gasteiger partial charge in [0.15, 0.2) is 0 Å². The van der Waals surface area contributed by atoms with Crippen molar-refractivity contribution < 1.29 is 0 Å². The topological polar surface area (TPSA) is 62.7 Å². The van der Waals surface area contributed by atoms with Crippen molar-refractivity contribution in [2.75, 3.05) is 17.2 Å². The van der Waals surface area contributed by atoms with Crippen molar-refractivity contribution in [3.63, 3.8) is 0 Å². The highest BCUT2D eigenvalue weighted by Crippen LogP contribution is 2.13. The first-order valence-corrected chi connectivity index (χ1v) is 6.81. The summed E-state index contributed by atoms with van der Waals surface area (Å²) < 4.78 is 0. The summed E-state index contributed by atoms with van der Waals surface area (Å²) in [5.74, 6) is 1.74. The maximum absolute atomic E-state index is 5.85. The first kappa shape index (κ1) is 15.0. The third-order valence-corrected chi connectivity index (χ3v) is 2.66. The van der Waals surface area contributed by atoms with Crippen LogP contribution in [0.25, 0.3) is 0 Å². The highest BCUT2D eigenvalue weighted by atomic mass is 35.5. The van der Waals surface area contributed by atoms with Crippen LogP contribution in [0.4, 0.5) is 11.9 Å². The first-order chi connectivity index (χ1) is 8.51. The molecule has 18 heavy (non-hydrogen) atoms. The van der Waals surface area contributed by atoms with Crippen LogP contribution in [0.5, 0.6) is 0 Å². The van der Waals surface area contributed by atoms with Gasteiger partial charge in [0.1, 0.15) is 0 Å². The van der Waals surface area contributed by atoms with E-state index >= 15 is 0 Å². The van der Waals surface area contributed by atoms with Gasteiger partial charge in [-0.3, -0.25) is 0 Å². The Hall–Kier alpha value is -1.10. The predicted molar refractivity (Wildman–Crippen MR) is 76.2 cm³/mol. The Labute approximate surface area is 114 Å². The number of nitrogens with zero attached hydrogens (tertiary/aromatic N) is 3. The Morgan fingerprint density at radius 1 is 1.06 bits per heavy atom. The van der Waals surface area contributed by atoms with Crippen LogP contribution in [0, 0.1) is 5.92 Å². The van der Waals surface area contributed by atoms with Gasteiger partial charge in [0.05, 0.1) is 0 Å². The van der Waals surface area contributed by atoms with Crippen molar-refractivity contribution in [3.05, 3.63) is 5.28 Å². The summed E-state index contributed by atoms with van der Waals surface area (Å²) >= 11 is 5.85. The van der Waals surface area contributed by atoms with Crippen LogP contribution in [-0.2, 0) is 0 Å². The van der Waals surface area contributed by atoms with Gasteiger partial charge < -0.3 is 10.6 Å². The number of hydrogen-bond donors (Lipinski definition) is 2. The summed E-state index contributed by atoms with van der Waals surface area (Å²) in [5.41, 5.74) is 0. The molecule has 0 aromatic carbocycles. The molecular weight excluding hydrogens is 250 g/mol. The minimum atomic E-state index is 0.208. The number of aromatic nitrogens is 3. The van der Waals surface area contributed by atoms with E-state index in [1.54, 1.807) is 0 Å². The molecule has 102 valence electrons. The maximum atomic E-state index is 5.85. The van der Waals surface area contributed by atoms with Crippen LogP contribution >= 0.6 is 11.6 Å². The molecule has 0 amide bonds. The van der Waals surface area contributed by atoms with Crippen LogP contribution < -0.4 is 10.6 Å². The molecule has 1 aromatic rings. The summed E-state index contributed by atoms with van der Waals surface area (Å²) in [6.07, 6.45) is 2.25. The van der Waals surface area contributed by atoms with Crippen LogP contribution in [-0.4, -0.2) is 27.5 Å². The average molecular weight is 272 g/mol. The highest BCUT2D eigenvalue weighted by Gasteiger charge is 2.08. The van der Waals surface area contributed by atoms with Crippen LogP contribution in [0.2, 0.25) is 5.28 Å². The Kier molecular flexibility index (Phi) is 6.12. The number of rotatable bonds is 7. The third kappa shape index (κ3) is 5.49. The second-order valence-corrected chi connectivity index (χ2v) is 5.14. The quantitative estimate of drug-likeness (QED) is 0.797. The molecule has 1 heterocycles. The smallest absolute Gasteiger partial charge is 0.229 e. The number of halogens is 1. The summed E-state index contributed by atoms with van der Waals surface area (Å²) in [5, 5.41) is 6.48. The van der Waals surface area contributed by atoms with Gasteiger partial charge in [-0.25, -0.2) is 0 Å². The van der Waals surface area contributed by atoms with Crippen LogP contribution in [0.3, 0.4) is 0 Å². The fourth-order valence-corrected chi connectivity index (χ4v) is 1.69. The Bertz CT molecular complexity index is 369. The lowest BCUT2D eigenvalue weighted by Gasteiger charge is -2.15. The molecule has 1 aromatic heterocycles. The molecule has 5 nitrogen and oxygen atoms in total. The predicted octanol–water partition coefficient (Wildman–Crippen LogP) is 3.19. The Balaban J connectivity index is 2.60. The standard InChI is InChI=1S/C12H22ClN5/c1-5-14-11-16-10(13)17-12(18-11)15-9(4)7-6-8(2)3/h8-9H,5-7H2,1-4H3,(H2,14,15,16,17,18). The molecule has 0 bridgehead atoms. The van der Waals surface area contributed by atoms with E-state index in [1.165, 1.54) is 6.42 Å². The van der Waals surface area contributed by atoms with Crippen molar-refractivity contribution in [1.29, 1.82) is 0 Å². The van der Waals surface area contributed by atoms with Crippen LogP contribution in [0.15, 0.2) is 0 Å². The van der Waals surface area contributed by atoms with E-state index in [-0.39, 0.29) is 5.28 Å². The molecule has 0 fully saturated rings. The minimum Gasteiger partial charge on any atom is -0.354 e. The number of hydrogen-bond acceptors (Lipinski definition) is 5. The largest absolute Gasteiger partial charge is 0.354 e. The van der Waals surface area contributed by atoms with Crippen molar-refractivity contribution in [3.8, 4) is 0 Å². The fourth-order valence-electron chi connectivity index (χ4n) is 1.53. The van der Waals surface area contributed by atoms with E-state index < -0.39 is 0 Å². The Morgan fingerprint density at radius 2 is 1.72 bits per heavy atom. The first-order valence-electron chi connectivity index (χ1n) is 6.43. The SMILES string of the molecule is CCNc1nc(Cl)nc(NC(C)CCC(C)C)n1. The molecule has 0 aliphatic rings. The second-order valence-electron chi connectivity index (χ2n) is 4.80. The Morgan fingerprint density at radius 3 is 2.33 bits per heavy atom. The molecule has 0 aliphatic heterocycles. The zero-order valence-corrected chi connectivity index (χ0v) is 12.3. The van der Waals surface area contributed by atoms with Gasteiger partial charge in [-0.05, 0) is 44.2 Å². The summed E-state index contributed by atoms with van der Waals surface area (Å²) in [6.45, 7) is 9.29. The van der Waals surface area contributed by atoms with Gasteiger partial charge in [0.2, 0.25) is 17.2 Å². The fraction of sp³-hybridized carbons (Fsp3) is 0.750. The van der Waals surface area contributed by atoms with E-state index in [2.05, 4.69) is 46.4 Å². The lowest BCUT2D eigenvalue weighted by molar-refractivity contribution is 0.526. The van der Waals surface area contributed by atoms with Crippen molar-refractivity contribution >= 4 is 23.5 Å². The van der Waals surface area contributed by atoms with Gasteiger partial charge in [-0.2, -0.15) is 15.0 Å². The zero-order valence-electron chi connectivity index (χ0n) is 11.5. The summed E-state index contributed by atoms with van der Waals surface area (Å²) in [4.78, 5) is 12.3. The normalized spacial score (nSPS) is 12.6. The van der Waals surface area contributed by atoms with Gasteiger partial charge >= 0.3 is 0 Å². The molecular formula is C12H22ClN5. The number of nitrogens with one attached hydrogen (secondary N) is 2. The lowest BCUT2D eigenvalue weighted by atomic mass is 10.0. The average Bonchev–Trinajstić information content (AvgIpc) is 2.26. The van der Waals surface area contributed by atoms with Crippen molar-refractivity contribution in [2.45, 2.75) is 46.6 Å². The second kappa shape index (κ2) is 7.36. The summed E-state index contributed by atoms with van der Waals surface area (Å²) in [6, 6.07) is 0.320. The molecule has 0 saturated heterocycles. The van der Waals surface area contributed by atoms with E-state index in [9.17, 15) is 0 Å². The minimum absolute atomic E-state index is 0.208. The monoisotopic (exact) mass is 271 g/mol. The zero-order chi connectivity index (χ0) is 13.5. The molecule has 2 N–H and O–H groups in total. The molecule has 6 heteroatoms. The molecule has 0 radical (unpaired) electrons. The van der Waals surface area contributed by atoms with E-state index in [0.29, 0.717) is 23.9 Å². The van der Waals surface area contributed by atoms with E-state index in [1.807, 2.05) is 6.92 Å². The van der Waals surface area contributed by atoms with Crippen molar-refractivity contribution in [2.24, 2.45) is 5.92 Å². The molecule has 1 atom stereocenters. The molecule has 0 aliphatic carbocycles. The number of anilines is 2. The van der Waals surface area contributed by atoms with Crippen molar-refractivity contribution in [1.82, 2.24) is 15.0 Å². The van der Waals surface area contributed by atoms with Gasteiger partial charge in [0.25, 0.3) is 0 Å². The molecule has 1 rings (SSSR count). The lowest BCUT2D eigenvalue weighted by Crippen LogP contribution is -2.18. The third-order valence-electron chi connectivity index (χ3n) is 2.50. The highest BCUT2D eigenvalue weighted by molar-refractivity contribution is 6.28. The van der Waals surface area contributed by atoms with Gasteiger partial charge in [0, 0.05) is 12.6 Å². The van der Waals surface area contributed by atoms with Crippen LogP contribution in [0.1, 0.15) is 40.5 Å². The molecule has 0 spiro atoms. The summed E-state index contributed by atoms with van der Waals surface area (Å²) in [7, 11) is 0.